The number of hydrogen-bond acceptors (Lipinski definition) is 6. The van der Waals surface area contributed by atoms with Gasteiger partial charge in [-0.25, -0.2) is 13.2 Å². The summed E-state index contributed by atoms with van der Waals surface area (Å²) in [7, 11) is -3.72. The topological polar surface area (TPSA) is 93.2 Å². The van der Waals surface area contributed by atoms with E-state index in [2.05, 4.69) is 6.07 Å². The van der Waals surface area contributed by atoms with E-state index in [0.29, 0.717) is 26.3 Å². The fraction of sp³-hybridized carbons (Fsp3) is 0.364. The monoisotopic (exact) mass is 444 g/mol. The Balaban J connectivity index is 1.38. The Labute approximate surface area is 181 Å². The summed E-state index contributed by atoms with van der Waals surface area (Å²) in [6, 6.07) is 13.6. The molecule has 0 aromatic heterocycles. The molecule has 2 aromatic carbocycles. The number of morpholine rings is 1. The van der Waals surface area contributed by atoms with E-state index in [4.69, 9.17) is 9.47 Å². The van der Waals surface area contributed by atoms with Crippen LogP contribution in [0.1, 0.15) is 21.5 Å². The van der Waals surface area contributed by atoms with Crippen LogP contribution in [0, 0.1) is 0 Å². The van der Waals surface area contributed by atoms with E-state index in [1.165, 1.54) is 34.1 Å². The molecule has 0 aliphatic carbocycles. The lowest BCUT2D eigenvalue weighted by Gasteiger charge is -2.28. The first-order valence-corrected chi connectivity index (χ1v) is 11.6. The predicted octanol–water partition coefficient (Wildman–Crippen LogP) is 1.45. The maximum atomic E-state index is 12.8. The first-order valence-electron chi connectivity index (χ1n) is 10.1. The Morgan fingerprint density at radius 1 is 0.968 bits per heavy atom. The first kappa shape index (κ1) is 21.5. The summed E-state index contributed by atoms with van der Waals surface area (Å²) in [6.45, 7) is 1.88. The van der Waals surface area contributed by atoms with Crippen molar-refractivity contribution in [3.63, 3.8) is 0 Å². The van der Waals surface area contributed by atoms with Crippen LogP contribution in [-0.2, 0) is 37.3 Å². The van der Waals surface area contributed by atoms with Gasteiger partial charge >= 0.3 is 5.97 Å². The highest BCUT2D eigenvalue weighted by atomic mass is 32.2. The Morgan fingerprint density at radius 2 is 1.71 bits per heavy atom. The minimum Gasteiger partial charge on any atom is -0.452 e. The Kier molecular flexibility index (Phi) is 6.35. The molecule has 4 rings (SSSR count). The number of rotatable bonds is 5. The van der Waals surface area contributed by atoms with Crippen molar-refractivity contribution in [1.82, 2.24) is 9.21 Å². The molecule has 1 fully saturated rings. The molecule has 1 saturated heterocycles. The lowest BCUT2D eigenvalue weighted by atomic mass is 10.00. The summed E-state index contributed by atoms with van der Waals surface area (Å²) in [4.78, 5) is 26.7. The zero-order chi connectivity index (χ0) is 21.8. The number of carbonyl (C=O) groups is 2. The number of carbonyl (C=O) groups excluding carboxylic acids is 2. The van der Waals surface area contributed by atoms with Gasteiger partial charge in [-0.15, -0.1) is 0 Å². The van der Waals surface area contributed by atoms with Crippen molar-refractivity contribution in [3.05, 3.63) is 65.2 Å². The second-order valence-corrected chi connectivity index (χ2v) is 9.39. The van der Waals surface area contributed by atoms with Gasteiger partial charge < -0.3 is 14.4 Å². The third-order valence-electron chi connectivity index (χ3n) is 5.49. The average Bonchev–Trinajstić information content (AvgIpc) is 2.82. The molecule has 0 N–H and O–H groups in total. The fourth-order valence-corrected chi connectivity index (χ4v) is 5.18. The molecule has 164 valence electrons. The second kappa shape index (κ2) is 9.17. The smallest absolute Gasteiger partial charge is 0.338 e. The molecule has 2 aliphatic rings. The molecule has 0 unspecified atom stereocenters. The van der Waals surface area contributed by atoms with Crippen LogP contribution < -0.4 is 0 Å². The summed E-state index contributed by atoms with van der Waals surface area (Å²) in [5.41, 5.74) is 2.41. The van der Waals surface area contributed by atoms with Gasteiger partial charge in [-0.1, -0.05) is 30.3 Å². The van der Waals surface area contributed by atoms with Crippen LogP contribution in [0.4, 0.5) is 0 Å². The van der Waals surface area contributed by atoms with Gasteiger partial charge in [0.2, 0.25) is 10.0 Å². The lowest BCUT2D eigenvalue weighted by molar-refractivity contribution is -0.135. The molecule has 2 aromatic rings. The normalized spacial score (nSPS) is 17.1. The third kappa shape index (κ3) is 4.79. The van der Waals surface area contributed by atoms with Gasteiger partial charge in [0, 0.05) is 26.2 Å². The van der Waals surface area contributed by atoms with Crippen LogP contribution in [0.25, 0.3) is 0 Å². The largest absolute Gasteiger partial charge is 0.452 e. The second-order valence-electron chi connectivity index (χ2n) is 7.45. The van der Waals surface area contributed by atoms with E-state index in [-0.39, 0.29) is 36.1 Å². The standard InChI is InChI=1S/C22H24N2O6S/c25-21(23-9-8-17-4-1-2-5-19(17)15-23)16-30-22(26)18-6-3-7-20(14-18)31(27,28)24-10-12-29-13-11-24/h1-7,14H,8-13,15-16H2. The Hall–Kier alpha value is -2.75. The number of amides is 1. The minimum atomic E-state index is -3.72. The Bertz CT molecular complexity index is 1080. The summed E-state index contributed by atoms with van der Waals surface area (Å²) < 4.78 is 37.3. The van der Waals surface area contributed by atoms with E-state index in [0.717, 1.165) is 12.0 Å². The number of nitrogens with zero attached hydrogens (tertiary/aromatic N) is 2. The van der Waals surface area contributed by atoms with Crippen molar-refractivity contribution in [2.75, 3.05) is 39.5 Å². The van der Waals surface area contributed by atoms with Crippen molar-refractivity contribution in [2.24, 2.45) is 0 Å². The number of esters is 1. The number of sulfonamides is 1. The molecule has 0 bridgehead atoms. The quantitative estimate of drug-likeness (QED) is 0.648. The number of ether oxygens (including phenoxy) is 2. The minimum absolute atomic E-state index is 0.0165. The fourth-order valence-electron chi connectivity index (χ4n) is 3.73. The van der Waals surface area contributed by atoms with E-state index < -0.39 is 16.0 Å². The molecule has 0 radical (unpaired) electrons. The molecular formula is C22H24N2O6S. The van der Waals surface area contributed by atoms with Crippen molar-refractivity contribution < 1.29 is 27.5 Å². The summed E-state index contributed by atoms with van der Waals surface area (Å²) in [5.74, 6) is -1.01. The van der Waals surface area contributed by atoms with Gasteiger partial charge in [-0.3, -0.25) is 4.79 Å². The van der Waals surface area contributed by atoms with Gasteiger partial charge in [-0.05, 0) is 35.7 Å². The molecular weight excluding hydrogens is 420 g/mol. The van der Waals surface area contributed by atoms with E-state index >= 15 is 0 Å². The molecule has 0 spiro atoms. The van der Waals surface area contributed by atoms with Gasteiger partial charge in [0.15, 0.2) is 6.61 Å². The highest BCUT2D eigenvalue weighted by Crippen LogP contribution is 2.20. The van der Waals surface area contributed by atoms with Crippen molar-refractivity contribution >= 4 is 21.9 Å². The van der Waals surface area contributed by atoms with Gasteiger partial charge in [-0.2, -0.15) is 4.31 Å². The molecule has 2 aliphatic heterocycles. The number of hydrogen-bond donors (Lipinski definition) is 0. The predicted molar refractivity (Wildman–Crippen MR) is 112 cm³/mol. The van der Waals surface area contributed by atoms with Crippen molar-refractivity contribution in [3.8, 4) is 0 Å². The van der Waals surface area contributed by atoms with Gasteiger partial charge in [0.05, 0.1) is 23.7 Å². The van der Waals surface area contributed by atoms with Crippen molar-refractivity contribution in [2.45, 2.75) is 17.9 Å². The molecule has 0 atom stereocenters. The molecule has 2 heterocycles. The van der Waals surface area contributed by atoms with Gasteiger partial charge in [0.25, 0.3) is 5.91 Å². The third-order valence-corrected chi connectivity index (χ3v) is 7.38. The molecule has 1 amide bonds. The van der Waals surface area contributed by atoms with Crippen LogP contribution in [0.15, 0.2) is 53.4 Å². The number of fused-ring (bicyclic) bond motifs is 1. The zero-order valence-electron chi connectivity index (χ0n) is 17.0. The first-order chi connectivity index (χ1) is 14.9. The molecule has 31 heavy (non-hydrogen) atoms. The summed E-state index contributed by atoms with van der Waals surface area (Å²) in [5, 5.41) is 0. The number of benzene rings is 2. The molecule has 9 heteroatoms. The van der Waals surface area contributed by atoms with E-state index in [9.17, 15) is 18.0 Å². The van der Waals surface area contributed by atoms with Crippen LogP contribution in [0.2, 0.25) is 0 Å². The molecule has 0 saturated carbocycles. The molecule has 8 nitrogen and oxygen atoms in total. The maximum absolute atomic E-state index is 12.8. The van der Waals surface area contributed by atoms with Crippen LogP contribution in [0.3, 0.4) is 0 Å². The van der Waals surface area contributed by atoms with Crippen LogP contribution in [0.5, 0.6) is 0 Å². The van der Waals surface area contributed by atoms with Crippen molar-refractivity contribution in [1.29, 1.82) is 0 Å². The van der Waals surface area contributed by atoms with Gasteiger partial charge in [0.1, 0.15) is 0 Å². The average molecular weight is 445 g/mol. The summed E-state index contributed by atoms with van der Waals surface area (Å²) in [6.07, 6.45) is 0.761. The maximum Gasteiger partial charge on any atom is 0.338 e. The lowest BCUT2D eigenvalue weighted by Crippen LogP contribution is -2.40. The SMILES string of the molecule is O=C(OCC(=O)N1CCc2ccccc2C1)c1cccc(S(=O)(=O)N2CCOCC2)c1. The zero-order valence-corrected chi connectivity index (χ0v) is 17.8. The van der Waals surface area contributed by atoms with E-state index in [1.807, 2.05) is 18.2 Å². The highest BCUT2D eigenvalue weighted by Gasteiger charge is 2.27. The summed E-state index contributed by atoms with van der Waals surface area (Å²) >= 11 is 0. The van der Waals surface area contributed by atoms with Crippen LogP contribution in [-0.4, -0.2) is 69.0 Å². The van der Waals surface area contributed by atoms with E-state index in [1.54, 1.807) is 4.90 Å². The highest BCUT2D eigenvalue weighted by molar-refractivity contribution is 7.89. The Morgan fingerprint density at radius 3 is 2.48 bits per heavy atom. The van der Waals surface area contributed by atoms with Crippen LogP contribution >= 0.6 is 0 Å².